The second-order valence-electron chi connectivity index (χ2n) is 4.42. The predicted octanol–water partition coefficient (Wildman–Crippen LogP) is 0.0642. The first-order valence-electron chi connectivity index (χ1n) is 6.87. The molecule has 0 aromatic heterocycles. The number of hydrogen-bond acceptors (Lipinski definition) is 8. The van der Waals surface area contributed by atoms with Gasteiger partial charge in [-0.3, -0.25) is 19.2 Å². The first-order chi connectivity index (χ1) is 10.4. The summed E-state index contributed by atoms with van der Waals surface area (Å²) in [6.45, 7) is 3.79. The van der Waals surface area contributed by atoms with Crippen LogP contribution in [0.5, 0.6) is 0 Å². The van der Waals surface area contributed by atoms with Crippen LogP contribution in [-0.4, -0.2) is 63.1 Å². The number of rotatable bonds is 13. The van der Waals surface area contributed by atoms with E-state index in [1.165, 1.54) is 13.8 Å². The molecule has 0 rings (SSSR count). The number of hydrogen-bond donors (Lipinski definition) is 0. The highest BCUT2D eigenvalue weighted by molar-refractivity contribution is 5.94. The Kier molecular flexibility index (Phi) is 11.8. The molecule has 0 N–H and O–H groups in total. The van der Waals surface area contributed by atoms with Crippen LogP contribution in [0, 0.1) is 0 Å². The van der Waals surface area contributed by atoms with Gasteiger partial charge in [0, 0.05) is 0 Å². The molecule has 0 aliphatic carbocycles. The summed E-state index contributed by atoms with van der Waals surface area (Å²) in [5, 5.41) is 0. The van der Waals surface area contributed by atoms with E-state index in [4.69, 9.17) is 18.9 Å². The SMILES string of the molecule is CC(=O)CC(=O)OCCOCCOCCOC(=O)CC(C)=O. The van der Waals surface area contributed by atoms with E-state index < -0.39 is 11.9 Å². The monoisotopic (exact) mass is 318 g/mol. The van der Waals surface area contributed by atoms with Crippen LogP contribution in [0.25, 0.3) is 0 Å². The fraction of sp³-hybridized carbons (Fsp3) is 0.714. The van der Waals surface area contributed by atoms with Gasteiger partial charge in [0.05, 0.1) is 26.4 Å². The molecule has 0 atom stereocenters. The third-order valence-corrected chi connectivity index (χ3v) is 2.14. The zero-order chi connectivity index (χ0) is 16.8. The Balaban J connectivity index is 3.27. The molecule has 126 valence electrons. The summed E-state index contributed by atoms with van der Waals surface area (Å²) in [5.41, 5.74) is 0. The second-order valence-corrected chi connectivity index (χ2v) is 4.42. The summed E-state index contributed by atoms with van der Waals surface area (Å²) >= 11 is 0. The molecule has 22 heavy (non-hydrogen) atoms. The Morgan fingerprint density at radius 2 is 0.909 bits per heavy atom. The summed E-state index contributed by atoms with van der Waals surface area (Å²) < 4.78 is 19.8. The van der Waals surface area contributed by atoms with E-state index in [0.29, 0.717) is 13.2 Å². The molecule has 0 heterocycles. The van der Waals surface area contributed by atoms with Crippen molar-refractivity contribution in [2.45, 2.75) is 26.7 Å². The van der Waals surface area contributed by atoms with Crippen molar-refractivity contribution in [2.24, 2.45) is 0 Å². The zero-order valence-electron chi connectivity index (χ0n) is 12.9. The van der Waals surface area contributed by atoms with Crippen LogP contribution in [0.2, 0.25) is 0 Å². The Bertz CT molecular complexity index is 341. The topological polar surface area (TPSA) is 105 Å². The molecule has 0 unspecified atom stereocenters. The van der Waals surface area contributed by atoms with Gasteiger partial charge in [-0.1, -0.05) is 0 Å². The van der Waals surface area contributed by atoms with E-state index in [1.54, 1.807) is 0 Å². The van der Waals surface area contributed by atoms with Gasteiger partial charge in [-0.15, -0.1) is 0 Å². The minimum Gasteiger partial charge on any atom is -0.463 e. The van der Waals surface area contributed by atoms with Crippen molar-refractivity contribution in [3.8, 4) is 0 Å². The molecule has 0 radical (unpaired) electrons. The highest BCUT2D eigenvalue weighted by atomic mass is 16.6. The average molecular weight is 318 g/mol. The molecule has 0 aromatic carbocycles. The van der Waals surface area contributed by atoms with E-state index in [2.05, 4.69) is 0 Å². The lowest BCUT2D eigenvalue weighted by Crippen LogP contribution is -2.16. The predicted molar refractivity (Wildman–Crippen MR) is 74.2 cm³/mol. The smallest absolute Gasteiger partial charge is 0.313 e. The second kappa shape index (κ2) is 12.9. The van der Waals surface area contributed by atoms with Crippen molar-refractivity contribution in [2.75, 3.05) is 39.6 Å². The molecule has 8 heteroatoms. The van der Waals surface area contributed by atoms with Gasteiger partial charge in [0.2, 0.25) is 0 Å². The van der Waals surface area contributed by atoms with E-state index in [0.717, 1.165) is 0 Å². The first-order valence-corrected chi connectivity index (χ1v) is 6.87. The third-order valence-electron chi connectivity index (χ3n) is 2.14. The van der Waals surface area contributed by atoms with Crippen molar-refractivity contribution >= 4 is 23.5 Å². The van der Waals surface area contributed by atoms with Gasteiger partial charge >= 0.3 is 11.9 Å². The van der Waals surface area contributed by atoms with Crippen LogP contribution in [0.3, 0.4) is 0 Å². The Hall–Kier alpha value is -1.80. The van der Waals surface area contributed by atoms with Gasteiger partial charge in [-0.25, -0.2) is 0 Å². The molecule has 0 aliphatic rings. The Labute approximate surface area is 129 Å². The van der Waals surface area contributed by atoms with E-state index >= 15 is 0 Å². The fourth-order valence-corrected chi connectivity index (χ4v) is 1.26. The van der Waals surface area contributed by atoms with Crippen LogP contribution in [-0.2, 0) is 38.1 Å². The highest BCUT2D eigenvalue weighted by Crippen LogP contribution is 1.90. The number of esters is 2. The molecule has 0 saturated heterocycles. The van der Waals surface area contributed by atoms with Gasteiger partial charge in [0.25, 0.3) is 0 Å². The van der Waals surface area contributed by atoms with Crippen LogP contribution in [0.15, 0.2) is 0 Å². The fourth-order valence-electron chi connectivity index (χ4n) is 1.26. The van der Waals surface area contributed by atoms with Crippen LogP contribution in [0.4, 0.5) is 0 Å². The minimum atomic E-state index is -0.570. The lowest BCUT2D eigenvalue weighted by molar-refractivity contribution is -0.149. The van der Waals surface area contributed by atoms with Gasteiger partial charge in [0.15, 0.2) is 0 Å². The maximum absolute atomic E-state index is 11.0. The average Bonchev–Trinajstić information content (AvgIpc) is 2.39. The zero-order valence-corrected chi connectivity index (χ0v) is 12.9. The molecular weight excluding hydrogens is 296 g/mol. The molecular formula is C14H22O8. The van der Waals surface area contributed by atoms with Gasteiger partial charge in [0.1, 0.15) is 37.6 Å². The largest absolute Gasteiger partial charge is 0.463 e. The van der Waals surface area contributed by atoms with Gasteiger partial charge in [-0.05, 0) is 13.8 Å². The first kappa shape index (κ1) is 20.2. The molecule has 0 aromatic rings. The number of Topliss-reactive ketones (excluding diaryl/α,β-unsaturated/α-hetero) is 2. The number of carbonyl (C=O) groups excluding carboxylic acids is 4. The van der Waals surface area contributed by atoms with E-state index in [-0.39, 0.29) is 50.8 Å². The molecule has 0 bridgehead atoms. The summed E-state index contributed by atoms with van der Waals surface area (Å²) in [5.74, 6) is -1.63. The van der Waals surface area contributed by atoms with E-state index in [1.807, 2.05) is 0 Å². The molecule has 0 saturated carbocycles. The standard InChI is InChI=1S/C14H22O8/c1-11(15)9-13(17)21-7-5-19-3-4-20-6-8-22-14(18)10-12(2)16/h3-10H2,1-2H3. The summed E-state index contributed by atoms with van der Waals surface area (Å²) in [7, 11) is 0. The molecule has 0 amide bonds. The lowest BCUT2D eigenvalue weighted by Gasteiger charge is -2.07. The van der Waals surface area contributed by atoms with Crippen LogP contribution >= 0.6 is 0 Å². The normalized spacial score (nSPS) is 10.1. The van der Waals surface area contributed by atoms with Crippen molar-refractivity contribution in [1.29, 1.82) is 0 Å². The van der Waals surface area contributed by atoms with Crippen LogP contribution in [0.1, 0.15) is 26.7 Å². The maximum atomic E-state index is 11.0. The summed E-state index contributed by atoms with van der Waals surface area (Å²) in [6, 6.07) is 0. The van der Waals surface area contributed by atoms with Gasteiger partial charge < -0.3 is 18.9 Å². The summed E-state index contributed by atoms with van der Waals surface area (Å²) in [4.78, 5) is 43.2. The third kappa shape index (κ3) is 14.6. The molecule has 0 spiro atoms. The van der Waals surface area contributed by atoms with Gasteiger partial charge in [-0.2, -0.15) is 0 Å². The van der Waals surface area contributed by atoms with Crippen molar-refractivity contribution in [3.05, 3.63) is 0 Å². The lowest BCUT2D eigenvalue weighted by atomic mass is 10.3. The maximum Gasteiger partial charge on any atom is 0.313 e. The molecule has 8 nitrogen and oxygen atoms in total. The Morgan fingerprint density at radius 3 is 1.23 bits per heavy atom. The number of carbonyl (C=O) groups is 4. The number of ether oxygens (including phenoxy) is 4. The minimum absolute atomic E-state index is 0.0781. The summed E-state index contributed by atoms with van der Waals surface area (Å²) in [6.07, 6.45) is -0.461. The Morgan fingerprint density at radius 1 is 0.591 bits per heavy atom. The van der Waals surface area contributed by atoms with Crippen molar-refractivity contribution < 1.29 is 38.1 Å². The molecule has 0 fully saturated rings. The highest BCUT2D eigenvalue weighted by Gasteiger charge is 2.06. The van der Waals surface area contributed by atoms with Crippen molar-refractivity contribution in [3.63, 3.8) is 0 Å². The molecule has 0 aliphatic heterocycles. The quantitative estimate of drug-likeness (QED) is 0.267. The van der Waals surface area contributed by atoms with E-state index in [9.17, 15) is 19.2 Å². The van der Waals surface area contributed by atoms with Crippen molar-refractivity contribution in [1.82, 2.24) is 0 Å². The number of ketones is 2. The van der Waals surface area contributed by atoms with Crippen LogP contribution < -0.4 is 0 Å².